The van der Waals surface area contributed by atoms with Gasteiger partial charge in [0.2, 0.25) is 0 Å². The standard InChI is InChI=1S/C10H16O3/c11-10(8-3-5-12-7-8)6-9-2-1-4-13-9/h8-9H,1-7H2. The monoisotopic (exact) mass is 184 g/mol. The van der Waals surface area contributed by atoms with Crippen molar-refractivity contribution in [2.75, 3.05) is 19.8 Å². The Bertz CT molecular complexity index is 179. The molecule has 2 atom stereocenters. The molecule has 2 aliphatic rings. The molecule has 0 aliphatic carbocycles. The van der Waals surface area contributed by atoms with Crippen molar-refractivity contribution in [3.8, 4) is 0 Å². The van der Waals surface area contributed by atoms with E-state index in [-0.39, 0.29) is 12.0 Å². The quantitative estimate of drug-likeness (QED) is 0.660. The highest BCUT2D eigenvalue weighted by atomic mass is 16.5. The molecule has 0 N–H and O–H groups in total. The van der Waals surface area contributed by atoms with Gasteiger partial charge >= 0.3 is 0 Å². The largest absolute Gasteiger partial charge is 0.381 e. The van der Waals surface area contributed by atoms with Crippen molar-refractivity contribution in [1.82, 2.24) is 0 Å². The fourth-order valence-electron chi connectivity index (χ4n) is 1.98. The lowest BCUT2D eigenvalue weighted by Crippen LogP contribution is -2.20. The lowest BCUT2D eigenvalue weighted by molar-refractivity contribution is -0.125. The molecule has 0 radical (unpaired) electrons. The molecule has 0 aromatic carbocycles. The van der Waals surface area contributed by atoms with Crippen molar-refractivity contribution in [2.45, 2.75) is 31.8 Å². The second kappa shape index (κ2) is 4.20. The van der Waals surface area contributed by atoms with Crippen molar-refractivity contribution in [1.29, 1.82) is 0 Å². The Morgan fingerprint density at radius 1 is 1.31 bits per heavy atom. The Kier molecular flexibility index (Phi) is 2.96. The highest BCUT2D eigenvalue weighted by molar-refractivity contribution is 5.81. The van der Waals surface area contributed by atoms with Crippen LogP contribution in [0.15, 0.2) is 0 Å². The lowest BCUT2D eigenvalue weighted by atomic mass is 9.98. The average Bonchev–Trinajstić information content (AvgIpc) is 2.74. The van der Waals surface area contributed by atoms with Crippen LogP contribution in [0.2, 0.25) is 0 Å². The van der Waals surface area contributed by atoms with Gasteiger partial charge in [0.15, 0.2) is 0 Å². The maximum Gasteiger partial charge on any atom is 0.140 e. The number of hydrogen-bond acceptors (Lipinski definition) is 3. The number of ether oxygens (including phenoxy) is 2. The molecule has 3 nitrogen and oxygen atoms in total. The topological polar surface area (TPSA) is 35.5 Å². The maximum absolute atomic E-state index is 11.6. The zero-order valence-electron chi connectivity index (χ0n) is 7.83. The van der Waals surface area contributed by atoms with E-state index in [0.717, 1.165) is 32.5 Å². The summed E-state index contributed by atoms with van der Waals surface area (Å²) in [4.78, 5) is 11.6. The van der Waals surface area contributed by atoms with Gasteiger partial charge in [0.25, 0.3) is 0 Å². The van der Waals surface area contributed by atoms with Crippen molar-refractivity contribution in [3.63, 3.8) is 0 Å². The van der Waals surface area contributed by atoms with E-state index >= 15 is 0 Å². The molecule has 74 valence electrons. The molecular weight excluding hydrogens is 168 g/mol. The summed E-state index contributed by atoms with van der Waals surface area (Å²) in [5.74, 6) is 0.494. The molecule has 3 heteroatoms. The van der Waals surface area contributed by atoms with Gasteiger partial charge in [0, 0.05) is 25.6 Å². The minimum Gasteiger partial charge on any atom is -0.381 e. The molecule has 0 spiro atoms. The molecule has 0 saturated carbocycles. The number of hydrogen-bond donors (Lipinski definition) is 0. The summed E-state index contributed by atoms with van der Waals surface area (Å²) in [6, 6.07) is 0. The van der Waals surface area contributed by atoms with Crippen molar-refractivity contribution >= 4 is 5.78 Å². The van der Waals surface area contributed by atoms with Crippen LogP contribution in [-0.2, 0) is 14.3 Å². The molecule has 0 bridgehead atoms. The summed E-state index contributed by atoms with van der Waals surface area (Å²) >= 11 is 0. The molecule has 2 fully saturated rings. The van der Waals surface area contributed by atoms with E-state index in [9.17, 15) is 4.79 Å². The average molecular weight is 184 g/mol. The number of ketones is 1. The van der Waals surface area contributed by atoms with Gasteiger partial charge in [-0.3, -0.25) is 4.79 Å². The van der Waals surface area contributed by atoms with Gasteiger partial charge in [-0.1, -0.05) is 0 Å². The molecule has 2 rings (SSSR count). The smallest absolute Gasteiger partial charge is 0.140 e. The molecule has 2 saturated heterocycles. The third-order valence-electron chi connectivity index (χ3n) is 2.84. The van der Waals surface area contributed by atoms with Crippen LogP contribution in [-0.4, -0.2) is 31.7 Å². The van der Waals surface area contributed by atoms with E-state index in [2.05, 4.69) is 0 Å². The van der Waals surface area contributed by atoms with Crippen molar-refractivity contribution in [3.05, 3.63) is 0 Å². The van der Waals surface area contributed by atoms with Crippen molar-refractivity contribution in [2.24, 2.45) is 5.92 Å². The first-order valence-electron chi connectivity index (χ1n) is 5.08. The number of rotatable bonds is 3. The van der Waals surface area contributed by atoms with E-state index in [1.807, 2.05) is 0 Å². The van der Waals surface area contributed by atoms with Gasteiger partial charge in [-0.05, 0) is 19.3 Å². The second-order valence-corrected chi connectivity index (χ2v) is 3.87. The Labute approximate surface area is 78.4 Å². The summed E-state index contributed by atoms with van der Waals surface area (Å²) in [6.45, 7) is 2.21. The zero-order chi connectivity index (χ0) is 9.10. The SMILES string of the molecule is O=C(CC1CCCO1)C1CCOC1. The Hall–Kier alpha value is -0.410. The molecule has 0 amide bonds. The van der Waals surface area contributed by atoms with Gasteiger partial charge in [0.05, 0.1) is 12.7 Å². The van der Waals surface area contributed by atoms with E-state index in [1.165, 1.54) is 0 Å². The third kappa shape index (κ3) is 2.29. The maximum atomic E-state index is 11.6. The van der Waals surface area contributed by atoms with Gasteiger partial charge in [0.1, 0.15) is 5.78 Å². The lowest BCUT2D eigenvalue weighted by Gasteiger charge is -2.10. The molecule has 13 heavy (non-hydrogen) atoms. The van der Waals surface area contributed by atoms with E-state index in [1.54, 1.807) is 0 Å². The molecular formula is C10H16O3. The van der Waals surface area contributed by atoms with Crippen LogP contribution >= 0.6 is 0 Å². The predicted octanol–water partition coefficient (Wildman–Crippen LogP) is 1.16. The van der Waals surface area contributed by atoms with Gasteiger partial charge in [-0.2, -0.15) is 0 Å². The van der Waals surface area contributed by atoms with E-state index in [0.29, 0.717) is 18.8 Å². The van der Waals surface area contributed by atoms with Crippen LogP contribution in [0.25, 0.3) is 0 Å². The Morgan fingerprint density at radius 2 is 2.23 bits per heavy atom. The van der Waals surface area contributed by atoms with Gasteiger partial charge in [-0.25, -0.2) is 0 Å². The fraction of sp³-hybridized carbons (Fsp3) is 0.900. The van der Waals surface area contributed by atoms with E-state index in [4.69, 9.17) is 9.47 Å². The molecule has 0 aromatic rings. The second-order valence-electron chi connectivity index (χ2n) is 3.87. The minimum atomic E-state index is 0.157. The number of Topliss-reactive ketones (excluding diaryl/α,β-unsaturated/α-hetero) is 1. The summed E-state index contributed by atoms with van der Waals surface area (Å²) in [5.41, 5.74) is 0. The summed E-state index contributed by atoms with van der Waals surface area (Å²) in [7, 11) is 0. The first kappa shape index (κ1) is 9.16. The normalized spacial score (nSPS) is 33.8. The Morgan fingerprint density at radius 3 is 2.85 bits per heavy atom. The van der Waals surface area contributed by atoms with Crippen LogP contribution in [0, 0.1) is 5.92 Å². The molecule has 2 unspecified atom stereocenters. The predicted molar refractivity (Wildman–Crippen MR) is 47.5 cm³/mol. The number of carbonyl (C=O) groups excluding carboxylic acids is 1. The van der Waals surface area contributed by atoms with Crippen LogP contribution in [0.1, 0.15) is 25.7 Å². The molecule has 2 heterocycles. The third-order valence-corrected chi connectivity index (χ3v) is 2.84. The Balaban J connectivity index is 1.76. The van der Waals surface area contributed by atoms with Crippen molar-refractivity contribution < 1.29 is 14.3 Å². The van der Waals surface area contributed by atoms with Gasteiger partial charge in [-0.15, -0.1) is 0 Å². The first-order valence-corrected chi connectivity index (χ1v) is 5.08. The molecule has 2 aliphatic heterocycles. The zero-order valence-corrected chi connectivity index (χ0v) is 7.83. The summed E-state index contributed by atoms with van der Waals surface area (Å²) < 4.78 is 10.6. The first-order chi connectivity index (χ1) is 6.36. The minimum absolute atomic E-state index is 0.157. The van der Waals surface area contributed by atoms with E-state index < -0.39 is 0 Å². The summed E-state index contributed by atoms with van der Waals surface area (Å²) in [5, 5.41) is 0. The van der Waals surface area contributed by atoms with Crippen LogP contribution < -0.4 is 0 Å². The fourth-order valence-corrected chi connectivity index (χ4v) is 1.98. The molecule has 0 aromatic heterocycles. The van der Waals surface area contributed by atoms with Crippen LogP contribution in [0.5, 0.6) is 0 Å². The summed E-state index contributed by atoms with van der Waals surface area (Å²) in [6.07, 6.45) is 3.88. The van der Waals surface area contributed by atoms with Crippen LogP contribution in [0.4, 0.5) is 0 Å². The van der Waals surface area contributed by atoms with Gasteiger partial charge < -0.3 is 9.47 Å². The highest BCUT2D eigenvalue weighted by Crippen LogP contribution is 2.21. The van der Waals surface area contributed by atoms with Crippen LogP contribution in [0.3, 0.4) is 0 Å². The highest BCUT2D eigenvalue weighted by Gasteiger charge is 2.27. The number of carbonyl (C=O) groups is 1.